The van der Waals surface area contributed by atoms with Crippen molar-refractivity contribution in [2.45, 2.75) is 19.4 Å². The summed E-state index contributed by atoms with van der Waals surface area (Å²) in [6, 6.07) is 11.5. The van der Waals surface area contributed by atoms with E-state index in [1.54, 1.807) is 11.0 Å². The van der Waals surface area contributed by atoms with E-state index in [1.165, 1.54) is 0 Å². The Morgan fingerprint density at radius 1 is 1.30 bits per heavy atom. The highest BCUT2D eigenvalue weighted by atomic mass is 16.3. The van der Waals surface area contributed by atoms with E-state index in [1.807, 2.05) is 37.3 Å². The third-order valence-electron chi connectivity index (χ3n) is 3.96. The molecule has 2 unspecified atom stereocenters. The van der Waals surface area contributed by atoms with Crippen molar-refractivity contribution in [2.75, 3.05) is 13.1 Å². The van der Waals surface area contributed by atoms with Crippen LogP contribution in [0.1, 0.15) is 23.8 Å². The lowest BCUT2D eigenvalue weighted by Gasteiger charge is -2.34. The average Bonchev–Trinajstić information content (AvgIpc) is 2.49. The second kappa shape index (κ2) is 5.21. The number of rotatable bonds is 1. The number of aromatic nitrogens is 1. The zero-order valence-corrected chi connectivity index (χ0v) is 11.5. The van der Waals surface area contributed by atoms with Crippen molar-refractivity contribution >= 4 is 16.8 Å². The van der Waals surface area contributed by atoms with Crippen LogP contribution in [0.4, 0.5) is 0 Å². The Bertz CT molecular complexity index is 641. The van der Waals surface area contributed by atoms with Gasteiger partial charge in [0.2, 0.25) is 0 Å². The van der Waals surface area contributed by atoms with Gasteiger partial charge in [-0.25, -0.2) is 4.98 Å². The highest BCUT2D eigenvalue weighted by molar-refractivity contribution is 5.95. The summed E-state index contributed by atoms with van der Waals surface area (Å²) in [5, 5.41) is 10.8. The number of piperidine rings is 1. The Morgan fingerprint density at radius 2 is 2.10 bits per heavy atom. The molecule has 3 rings (SSSR count). The van der Waals surface area contributed by atoms with Gasteiger partial charge in [-0.05, 0) is 24.5 Å². The largest absolute Gasteiger partial charge is 0.393 e. The highest BCUT2D eigenvalue weighted by Gasteiger charge is 2.28. The summed E-state index contributed by atoms with van der Waals surface area (Å²) in [6.07, 6.45) is 0.337. The van der Waals surface area contributed by atoms with Gasteiger partial charge in [0, 0.05) is 18.5 Å². The first kappa shape index (κ1) is 13.1. The van der Waals surface area contributed by atoms with E-state index in [2.05, 4.69) is 4.98 Å². The van der Waals surface area contributed by atoms with E-state index >= 15 is 0 Å². The number of aliphatic hydroxyl groups is 1. The molecule has 0 saturated carbocycles. The normalized spacial score (nSPS) is 23.0. The molecular weight excluding hydrogens is 252 g/mol. The summed E-state index contributed by atoms with van der Waals surface area (Å²) in [6.45, 7) is 3.16. The average molecular weight is 270 g/mol. The van der Waals surface area contributed by atoms with Crippen LogP contribution in [0.5, 0.6) is 0 Å². The van der Waals surface area contributed by atoms with E-state index in [9.17, 15) is 9.90 Å². The summed E-state index contributed by atoms with van der Waals surface area (Å²) in [5.41, 5.74) is 1.32. The predicted molar refractivity (Wildman–Crippen MR) is 77.4 cm³/mol. The Hall–Kier alpha value is -1.94. The van der Waals surface area contributed by atoms with Crippen molar-refractivity contribution in [1.82, 2.24) is 9.88 Å². The molecule has 0 radical (unpaired) electrons. The van der Waals surface area contributed by atoms with Crippen LogP contribution in [-0.2, 0) is 0 Å². The number of benzene rings is 1. The fourth-order valence-electron chi connectivity index (χ4n) is 2.66. The lowest BCUT2D eigenvalue weighted by molar-refractivity contribution is 0.0294. The van der Waals surface area contributed by atoms with Crippen LogP contribution in [0.3, 0.4) is 0 Å². The molecule has 0 spiro atoms. The number of pyridine rings is 1. The van der Waals surface area contributed by atoms with Crippen LogP contribution in [0.15, 0.2) is 36.4 Å². The zero-order chi connectivity index (χ0) is 14.1. The van der Waals surface area contributed by atoms with Crippen LogP contribution >= 0.6 is 0 Å². The van der Waals surface area contributed by atoms with E-state index < -0.39 is 0 Å². The van der Waals surface area contributed by atoms with Crippen molar-refractivity contribution in [2.24, 2.45) is 5.92 Å². The number of hydrogen-bond acceptors (Lipinski definition) is 3. The lowest BCUT2D eigenvalue weighted by atomic mass is 9.96. The van der Waals surface area contributed by atoms with E-state index in [4.69, 9.17) is 0 Å². The quantitative estimate of drug-likeness (QED) is 0.863. The molecule has 0 bridgehead atoms. The minimum atomic E-state index is -0.302. The maximum Gasteiger partial charge on any atom is 0.272 e. The van der Waals surface area contributed by atoms with Gasteiger partial charge in [0.1, 0.15) is 5.69 Å². The molecule has 4 heteroatoms. The third-order valence-corrected chi connectivity index (χ3v) is 3.96. The van der Waals surface area contributed by atoms with E-state index in [-0.39, 0.29) is 17.9 Å². The van der Waals surface area contributed by atoms with Crippen LogP contribution in [0, 0.1) is 5.92 Å². The SMILES string of the molecule is CC1CN(C(=O)c2ccc3ccccc3n2)CCC1O. The predicted octanol–water partition coefficient (Wildman–Crippen LogP) is 2.08. The Morgan fingerprint density at radius 3 is 2.90 bits per heavy atom. The number of aliphatic hydroxyl groups excluding tert-OH is 1. The van der Waals surface area contributed by atoms with Gasteiger partial charge >= 0.3 is 0 Å². The van der Waals surface area contributed by atoms with Gasteiger partial charge in [-0.1, -0.05) is 31.2 Å². The molecule has 1 N–H and O–H groups in total. The van der Waals surface area contributed by atoms with Gasteiger partial charge in [-0.2, -0.15) is 0 Å². The third kappa shape index (κ3) is 2.39. The first-order valence-electron chi connectivity index (χ1n) is 6.98. The minimum absolute atomic E-state index is 0.0468. The molecule has 1 aliphatic heterocycles. The number of carbonyl (C=O) groups excluding carboxylic acids is 1. The Balaban J connectivity index is 1.85. The monoisotopic (exact) mass is 270 g/mol. The fraction of sp³-hybridized carbons (Fsp3) is 0.375. The summed E-state index contributed by atoms with van der Waals surface area (Å²) >= 11 is 0. The van der Waals surface area contributed by atoms with Gasteiger partial charge in [0.15, 0.2) is 0 Å². The minimum Gasteiger partial charge on any atom is -0.393 e. The van der Waals surface area contributed by atoms with Crippen LogP contribution in [-0.4, -0.2) is 40.1 Å². The van der Waals surface area contributed by atoms with Crippen LogP contribution < -0.4 is 0 Å². The number of amides is 1. The number of likely N-dealkylation sites (tertiary alicyclic amines) is 1. The molecule has 1 aliphatic rings. The molecule has 2 heterocycles. The van der Waals surface area contributed by atoms with Gasteiger partial charge < -0.3 is 10.0 Å². The van der Waals surface area contributed by atoms with Crippen molar-refractivity contribution in [3.05, 3.63) is 42.1 Å². The number of hydrogen-bond donors (Lipinski definition) is 1. The molecule has 1 amide bonds. The number of carbonyl (C=O) groups is 1. The molecule has 2 aromatic rings. The van der Waals surface area contributed by atoms with Crippen molar-refractivity contribution in [3.63, 3.8) is 0 Å². The molecule has 20 heavy (non-hydrogen) atoms. The van der Waals surface area contributed by atoms with Crippen molar-refractivity contribution in [3.8, 4) is 0 Å². The second-order valence-corrected chi connectivity index (χ2v) is 5.47. The highest BCUT2D eigenvalue weighted by Crippen LogP contribution is 2.19. The Kier molecular flexibility index (Phi) is 3.40. The first-order chi connectivity index (χ1) is 9.65. The molecule has 4 nitrogen and oxygen atoms in total. The molecule has 1 fully saturated rings. The lowest BCUT2D eigenvalue weighted by Crippen LogP contribution is -2.45. The Labute approximate surface area is 118 Å². The van der Waals surface area contributed by atoms with Crippen molar-refractivity contribution < 1.29 is 9.90 Å². The van der Waals surface area contributed by atoms with E-state index in [0.29, 0.717) is 25.2 Å². The van der Waals surface area contributed by atoms with Gasteiger partial charge in [0.05, 0.1) is 11.6 Å². The molecule has 2 atom stereocenters. The number of fused-ring (bicyclic) bond motifs is 1. The first-order valence-corrected chi connectivity index (χ1v) is 6.98. The smallest absolute Gasteiger partial charge is 0.272 e. The standard InChI is InChI=1S/C16H18N2O2/c1-11-10-18(9-8-15(11)19)16(20)14-7-6-12-4-2-3-5-13(12)17-14/h2-7,11,15,19H,8-10H2,1H3. The number of nitrogens with zero attached hydrogens (tertiary/aromatic N) is 2. The summed E-state index contributed by atoms with van der Waals surface area (Å²) in [4.78, 5) is 18.7. The molecule has 0 aliphatic carbocycles. The van der Waals surface area contributed by atoms with Crippen LogP contribution in [0.25, 0.3) is 10.9 Å². The van der Waals surface area contributed by atoms with Gasteiger partial charge in [-0.3, -0.25) is 4.79 Å². The van der Waals surface area contributed by atoms with Crippen LogP contribution in [0.2, 0.25) is 0 Å². The summed E-state index contributed by atoms with van der Waals surface area (Å²) < 4.78 is 0. The maximum atomic E-state index is 12.5. The zero-order valence-electron chi connectivity index (χ0n) is 11.5. The fourth-order valence-corrected chi connectivity index (χ4v) is 2.66. The van der Waals surface area contributed by atoms with E-state index in [0.717, 1.165) is 10.9 Å². The second-order valence-electron chi connectivity index (χ2n) is 5.47. The molecule has 104 valence electrons. The van der Waals surface area contributed by atoms with Gasteiger partial charge in [-0.15, -0.1) is 0 Å². The summed E-state index contributed by atoms with van der Waals surface area (Å²) in [5.74, 6) is 0.0719. The molecule has 1 saturated heterocycles. The molecular formula is C16H18N2O2. The van der Waals surface area contributed by atoms with Crippen molar-refractivity contribution in [1.29, 1.82) is 0 Å². The topological polar surface area (TPSA) is 53.4 Å². The summed E-state index contributed by atoms with van der Waals surface area (Å²) in [7, 11) is 0. The number of para-hydroxylation sites is 1. The maximum absolute atomic E-state index is 12.5. The molecule has 1 aromatic heterocycles. The molecule has 1 aromatic carbocycles. The van der Waals surface area contributed by atoms with Gasteiger partial charge in [0.25, 0.3) is 5.91 Å².